The van der Waals surface area contributed by atoms with Crippen LogP contribution in [0, 0.1) is 18.3 Å². The first kappa shape index (κ1) is 17.3. The molecule has 0 aromatic heterocycles. The summed E-state index contributed by atoms with van der Waals surface area (Å²) in [6.07, 6.45) is 7.77. The van der Waals surface area contributed by atoms with E-state index >= 15 is 0 Å². The van der Waals surface area contributed by atoms with Gasteiger partial charge in [-0.2, -0.15) is 0 Å². The second-order valence-electron chi connectivity index (χ2n) is 5.15. The molecule has 0 bridgehead atoms. The number of carboxylic acids is 1. The van der Waals surface area contributed by atoms with Crippen LogP contribution in [0.3, 0.4) is 0 Å². The molecule has 0 aromatic rings. The fraction of sp³-hybridized carbons (Fsp3) is 0.714. The lowest BCUT2D eigenvalue weighted by molar-refractivity contribution is -0.137. The predicted octanol–water partition coefficient (Wildman–Crippen LogP) is 1.98. The van der Waals surface area contributed by atoms with Gasteiger partial charge in [-0.05, 0) is 32.6 Å². The quantitative estimate of drug-likeness (QED) is 0.589. The summed E-state index contributed by atoms with van der Waals surface area (Å²) in [7, 11) is 0. The fourth-order valence-electron chi connectivity index (χ4n) is 1.63. The molecule has 1 atom stereocenters. The van der Waals surface area contributed by atoms with Crippen molar-refractivity contribution in [3.05, 3.63) is 0 Å². The number of carbonyl (C=O) groups excluding carboxylic acids is 1. The van der Waals surface area contributed by atoms with Gasteiger partial charge in [-0.25, -0.2) is 4.79 Å². The molecule has 0 rings (SSSR count). The van der Waals surface area contributed by atoms with Gasteiger partial charge < -0.3 is 15.7 Å². The Morgan fingerprint density at radius 1 is 1.37 bits per heavy atom. The van der Waals surface area contributed by atoms with Crippen LogP contribution >= 0.6 is 0 Å². The summed E-state index contributed by atoms with van der Waals surface area (Å²) in [4.78, 5) is 22.0. The summed E-state index contributed by atoms with van der Waals surface area (Å²) < 4.78 is 0. The molecule has 0 heterocycles. The molecular weight excluding hydrogens is 244 g/mol. The number of carboxylic acid groups (broad SMARTS) is 1. The van der Waals surface area contributed by atoms with E-state index in [0.717, 1.165) is 12.8 Å². The van der Waals surface area contributed by atoms with Gasteiger partial charge in [0.1, 0.15) is 0 Å². The Morgan fingerprint density at radius 2 is 2.00 bits per heavy atom. The maximum absolute atomic E-state index is 11.5. The number of rotatable bonds is 8. The number of aliphatic carboxylic acids is 1. The Balaban J connectivity index is 3.91. The highest BCUT2D eigenvalue weighted by molar-refractivity contribution is 5.75. The molecule has 19 heavy (non-hydrogen) atoms. The molecule has 0 spiro atoms. The van der Waals surface area contributed by atoms with Gasteiger partial charge in [0.25, 0.3) is 0 Å². The second-order valence-corrected chi connectivity index (χ2v) is 5.15. The van der Waals surface area contributed by atoms with Crippen LogP contribution in [0.2, 0.25) is 0 Å². The number of carbonyl (C=O) groups is 2. The van der Waals surface area contributed by atoms with Crippen molar-refractivity contribution in [3.63, 3.8) is 0 Å². The Kier molecular flexibility index (Phi) is 7.66. The lowest BCUT2D eigenvalue weighted by Crippen LogP contribution is -2.47. The van der Waals surface area contributed by atoms with Crippen molar-refractivity contribution in [1.29, 1.82) is 0 Å². The van der Waals surface area contributed by atoms with E-state index in [4.69, 9.17) is 11.5 Å². The summed E-state index contributed by atoms with van der Waals surface area (Å²) in [5.74, 6) is 2.02. The van der Waals surface area contributed by atoms with Crippen LogP contribution in [-0.4, -0.2) is 29.2 Å². The number of amides is 2. The number of terminal acetylenes is 1. The maximum Gasteiger partial charge on any atom is 0.315 e. The molecule has 108 valence electrons. The minimum atomic E-state index is -0.778. The molecule has 0 aliphatic heterocycles. The minimum absolute atomic E-state index is 0.175. The number of nitrogens with one attached hydrogen (secondary N) is 2. The van der Waals surface area contributed by atoms with Gasteiger partial charge in [0, 0.05) is 13.0 Å². The first-order valence-corrected chi connectivity index (χ1v) is 6.56. The van der Waals surface area contributed by atoms with Gasteiger partial charge in [-0.15, -0.1) is 6.42 Å². The van der Waals surface area contributed by atoms with E-state index in [1.807, 2.05) is 6.92 Å². The highest BCUT2D eigenvalue weighted by Crippen LogP contribution is 2.14. The molecule has 2 amide bonds. The molecule has 0 saturated heterocycles. The molecule has 5 nitrogen and oxygen atoms in total. The van der Waals surface area contributed by atoms with Crippen molar-refractivity contribution in [2.75, 3.05) is 6.54 Å². The van der Waals surface area contributed by atoms with Gasteiger partial charge in [0.15, 0.2) is 0 Å². The van der Waals surface area contributed by atoms with Crippen LogP contribution in [0.5, 0.6) is 0 Å². The van der Waals surface area contributed by atoms with E-state index in [2.05, 4.69) is 16.6 Å². The Labute approximate surface area is 115 Å². The van der Waals surface area contributed by atoms with Gasteiger partial charge in [-0.1, -0.05) is 19.3 Å². The van der Waals surface area contributed by atoms with Crippen LogP contribution in [-0.2, 0) is 4.79 Å². The molecule has 5 heteroatoms. The van der Waals surface area contributed by atoms with E-state index in [0.29, 0.717) is 18.9 Å². The molecule has 0 aromatic carbocycles. The van der Waals surface area contributed by atoms with Crippen molar-refractivity contribution >= 4 is 12.0 Å². The third-order valence-corrected chi connectivity index (χ3v) is 2.97. The Morgan fingerprint density at radius 3 is 2.47 bits per heavy atom. The number of hydrogen-bond acceptors (Lipinski definition) is 2. The molecule has 0 aliphatic rings. The monoisotopic (exact) mass is 268 g/mol. The van der Waals surface area contributed by atoms with Gasteiger partial charge in [-0.3, -0.25) is 4.79 Å². The highest BCUT2D eigenvalue weighted by Gasteiger charge is 2.16. The van der Waals surface area contributed by atoms with Crippen molar-refractivity contribution in [3.8, 4) is 12.3 Å². The Hall–Kier alpha value is -1.70. The smallest absolute Gasteiger partial charge is 0.315 e. The van der Waals surface area contributed by atoms with Crippen molar-refractivity contribution in [1.82, 2.24) is 10.6 Å². The number of urea groups is 1. The zero-order chi connectivity index (χ0) is 14.9. The average molecular weight is 268 g/mol. The SMILES string of the molecule is C#CC(C)(C)NC(=O)NCCC(CC)CCC(=O)O. The second kappa shape index (κ2) is 8.41. The maximum atomic E-state index is 11.5. The normalized spacial score (nSPS) is 12.3. The van der Waals surface area contributed by atoms with Crippen molar-refractivity contribution in [2.24, 2.45) is 5.92 Å². The summed E-state index contributed by atoms with van der Waals surface area (Å²) in [5.41, 5.74) is -0.669. The minimum Gasteiger partial charge on any atom is -0.481 e. The third kappa shape index (κ3) is 8.95. The van der Waals surface area contributed by atoms with Crippen LogP contribution in [0.15, 0.2) is 0 Å². The molecule has 0 fully saturated rings. The molecule has 3 N–H and O–H groups in total. The lowest BCUT2D eigenvalue weighted by atomic mass is 9.97. The highest BCUT2D eigenvalue weighted by atomic mass is 16.4. The van der Waals surface area contributed by atoms with E-state index in [9.17, 15) is 9.59 Å². The summed E-state index contributed by atoms with van der Waals surface area (Å²) in [6, 6.07) is -0.295. The zero-order valence-corrected chi connectivity index (χ0v) is 12.0. The van der Waals surface area contributed by atoms with E-state index < -0.39 is 11.5 Å². The lowest BCUT2D eigenvalue weighted by Gasteiger charge is -2.20. The molecule has 1 unspecified atom stereocenters. The van der Waals surface area contributed by atoms with Crippen molar-refractivity contribution in [2.45, 2.75) is 52.0 Å². The van der Waals surface area contributed by atoms with Crippen LogP contribution in [0.1, 0.15) is 46.5 Å². The van der Waals surface area contributed by atoms with Gasteiger partial charge >= 0.3 is 12.0 Å². The van der Waals surface area contributed by atoms with Crippen LogP contribution < -0.4 is 10.6 Å². The first-order chi connectivity index (χ1) is 8.80. The van der Waals surface area contributed by atoms with Gasteiger partial charge in [0.2, 0.25) is 0 Å². The largest absolute Gasteiger partial charge is 0.481 e. The zero-order valence-electron chi connectivity index (χ0n) is 12.0. The van der Waals surface area contributed by atoms with E-state index in [-0.39, 0.29) is 12.5 Å². The summed E-state index contributed by atoms with van der Waals surface area (Å²) >= 11 is 0. The topological polar surface area (TPSA) is 78.4 Å². The average Bonchev–Trinajstić information content (AvgIpc) is 2.32. The molecule has 0 radical (unpaired) electrons. The van der Waals surface area contributed by atoms with E-state index in [1.165, 1.54) is 0 Å². The van der Waals surface area contributed by atoms with Gasteiger partial charge in [0.05, 0.1) is 5.54 Å². The van der Waals surface area contributed by atoms with E-state index in [1.54, 1.807) is 13.8 Å². The summed E-state index contributed by atoms with van der Waals surface area (Å²) in [5, 5.41) is 14.0. The standard InChI is InChI=1S/C14H24N2O3/c1-5-11(7-8-12(17)18)9-10-15-13(19)16-14(3,4)6-2/h2,11H,5,7-10H2,1,3-4H3,(H,17,18)(H2,15,16,19). The Bertz CT molecular complexity index is 345. The van der Waals surface area contributed by atoms with Crippen LogP contribution in [0.4, 0.5) is 4.79 Å². The third-order valence-electron chi connectivity index (χ3n) is 2.97. The van der Waals surface area contributed by atoms with Crippen LogP contribution in [0.25, 0.3) is 0 Å². The fourth-order valence-corrected chi connectivity index (χ4v) is 1.63. The molecular formula is C14H24N2O3. The molecule has 0 aliphatic carbocycles. The first-order valence-electron chi connectivity index (χ1n) is 6.56. The molecule has 0 saturated carbocycles. The predicted molar refractivity (Wildman–Crippen MR) is 74.7 cm³/mol. The number of hydrogen-bond donors (Lipinski definition) is 3. The van der Waals surface area contributed by atoms with Crippen molar-refractivity contribution < 1.29 is 14.7 Å². The summed E-state index contributed by atoms with van der Waals surface area (Å²) in [6.45, 7) is 6.03.